The largest absolute Gasteiger partial charge is 0.360 e. The van der Waals surface area contributed by atoms with Gasteiger partial charge in [-0.15, -0.1) is 0 Å². The van der Waals surface area contributed by atoms with Gasteiger partial charge < -0.3 is 16.0 Å². The average Bonchev–Trinajstić information content (AvgIpc) is 2.89. The maximum Gasteiger partial charge on any atom is 0.191 e. The number of guanidine groups is 1. The van der Waals surface area contributed by atoms with Crippen LogP contribution in [-0.2, 0) is 0 Å². The Morgan fingerprint density at radius 3 is 2.75 bits per heavy atom. The maximum atomic E-state index is 4.53. The van der Waals surface area contributed by atoms with Crippen LogP contribution in [0.1, 0.15) is 13.3 Å². The van der Waals surface area contributed by atoms with E-state index in [0.717, 1.165) is 42.7 Å². The van der Waals surface area contributed by atoms with E-state index in [2.05, 4.69) is 38.9 Å². The normalized spacial score (nSPS) is 11.6. The molecule has 20 heavy (non-hydrogen) atoms. The number of para-hydroxylation sites is 1. The highest BCUT2D eigenvalue weighted by Gasteiger charge is 2.02. The van der Waals surface area contributed by atoms with Crippen molar-refractivity contribution in [2.75, 3.05) is 32.0 Å². The SMILES string of the molecule is CCCNC(=NC)NCCNc1nc2ccccc2s1. The van der Waals surface area contributed by atoms with Crippen molar-refractivity contribution >= 4 is 32.6 Å². The first kappa shape index (κ1) is 14.6. The second kappa shape index (κ2) is 7.69. The Morgan fingerprint density at radius 1 is 1.20 bits per heavy atom. The van der Waals surface area contributed by atoms with Crippen molar-refractivity contribution in [1.82, 2.24) is 15.6 Å². The fourth-order valence-corrected chi connectivity index (χ4v) is 2.65. The zero-order valence-corrected chi connectivity index (χ0v) is 12.8. The Morgan fingerprint density at radius 2 is 2.00 bits per heavy atom. The first-order valence-corrected chi connectivity index (χ1v) is 7.69. The molecule has 0 aliphatic heterocycles. The molecular weight excluding hydrogens is 270 g/mol. The molecular formula is C14H21N5S. The van der Waals surface area contributed by atoms with E-state index in [-0.39, 0.29) is 0 Å². The summed E-state index contributed by atoms with van der Waals surface area (Å²) >= 11 is 1.68. The molecule has 1 aromatic carbocycles. The zero-order chi connectivity index (χ0) is 14.2. The minimum absolute atomic E-state index is 0.805. The quantitative estimate of drug-likeness (QED) is 0.434. The molecule has 0 saturated heterocycles. The molecule has 0 spiro atoms. The number of rotatable bonds is 6. The molecule has 2 aromatic rings. The number of nitrogens with zero attached hydrogens (tertiary/aromatic N) is 2. The Kier molecular flexibility index (Phi) is 5.61. The number of anilines is 1. The van der Waals surface area contributed by atoms with Crippen LogP contribution in [0.2, 0.25) is 0 Å². The van der Waals surface area contributed by atoms with Crippen LogP contribution in [0.5, 0.6) is 0 Å². The van der Waals surface area contributed by atoms with Crippen LogP contribution in [0.25, 0.3) is 10.2 Å². The molecule has 5 nitrogen and oxygen atoms in total. The molecule has 0 unspecified atom stereocenters. The summed E-state index contributed by atoms with van der Waals surface area (Å²) in [5.74, 6) is 0.845. The number of benzene rings is 1. The highest BCUT2D eigenvalue weighted by atomic mass is 32.1. The molecule has 0 saturated carbocycles. The number of hydrogen-bond acceptors (Lipinski definition) is 4. The van der Waals surface area contributed by atoms with E-state index in [1.54, 1.807) is 18.4 Å². The van der Waals surface area contributed by atoms with Gasteiger partial charge in [-0.1, -0.05) is 30.4 Å². The summed E-state index contributed by atoms with van der Waals surface area (Å²) in [6.45, 7) is 4.69. The summed E-state index contributed by atoms with van der Waals surface area (Å²) in [4.78, 5) is 8.69. The summed E-state index contributed by atoms with van der Waals surface area (Å²) < 4.78 is 1.21. The van der Waals surface area contributed by atoms with Crippen molar-refractivity contribution in [2.45, 2.75) is 13.3 Å². The smallest absolute Gasteiger partial charge is 0.191 e. The number of hydrogen-bond donors (Lipinski definition) is 3. The van der Waals surface area contributed by atoms with Crippen LogP contribution in [-0.4, -0.2) is 37.6 Å². The number of thiazole rings is 1. The van der Waals surface area contributed by atoms with Crippen LogP contribution in [0.4, 0.5) is 5.13 Å². The van der Waals surface area contributed by atoms with Gasteiger partial charge in [0, 0.05) is 26.7 Å². The van der Waals surface area contributed by atoms with Gasteiger partial charge in [-0.3, -0.25) is 4.99 Å². The van der Waals surface area contributed by atoms with Gasteiger partial charge in [-0.2, -0.15) is 0 Å². The molecule has 0 radical (unpaired) electrons. The van der Waals surface area contributed by atoms with Crippen molar-refractivity contribution in [1.29, 1.82) is 0 Å². The predicted molar refractivity (Wildman–Crippen MR) is 87.8 cm³/mol. The van der Waals surface area contributed by atoms with Crippen molar-refractivity contribution in [2.24, 2.45) is 4.99 Å². The third kappa shape index (κ3) is 4.09. The third-order valence-corrected chi connectivity index (χ3v) is 3.75. The topological polar surface area (TPSA) is 61.3 Å². The Labute approximate surface area is 123 Å². The first-order chi connectivity index (χ1) is 9.83. The number of nitrogens with one attached hydrogen (secondary N) is 3. The Hall–Kier alpha value is -1.82. The lowest BCUT2D eigenvalue weighted by atomic mass is 10.3. The second-order valence-corrected chi connectivity index (χ2v) is 5.37. The molecule has 108 valence electrons. The van der Waals surface area contributed by atoms with Crippen molar-refractivity contribution < 1.29 is 0 Å². The summed E-state index contributed by atoms with van der Waals surface area (Å²) in [6, 6.07) is 8.17. The lowest BCUT2D eigenvalue weighted by Crippen LogP contribution is -2.39. The average molecular weight is 291 g/mol. The van der Waals surface area contributed by atoms with E-state index in [0.29, 0.717) is 0 Å². The molecule has 0 amide bonds. The van der Waals surface area contributed by atoms with E-state index in [9.17, 15) is 0 Å². The molecule has 0 fully saturated rings. The van der Waals surface area contributed by atoms with Gasteiger partial charge in [-0.25, -0.2) is 4.98 Å². The molecule has 6 heteroatoms. The van der Waals surface area contributed by atoms with Gasteiger partial charge in [0.15, 0.2) is 11.1 Å². The molecule has 0 bridgehead atoms. The van der Waals surface area contributed by atoms with Gasteiger partial charge >= 0.3 is 0 Å². The van der Waals surface area contributed by atoms with Gasteiger partial charge in [0.25, 0.3) is 0 Å². The molecule has 3 N–H and O–H groups in total. The lowest BCUT2D eigenvalue weighted by molar-refractivity contribution is 0.785. The van der Waals surface area contributed by atoms with Crippen LogP contribution in [0.3, 0.4) is 0 Å². The molecule has 0 aliphatic carbocycles. The van der Waals surface area contributed by atoms with E-state index >= 15 is 0 Å². The monoisotopic (exact) mass is 291 g/mol. The van der Waals surface area contributed by atoms with E-state index in [1.165, 1.54) is 4.70 Å². The van der Waals surface area contributed by atoms with E-state index < -0.39 is 0 Å². The van der Waals surface area contributed by atoms with Crippen LogP contribution in [0.15, 0.2) is 29.3 Å². The number of aliphatic imine (C=N–C) groups is 1. The van der Waals surface area contributed by atoms with Crippen molar-refractivity contribution in [3.8, 4) is 0 Å². The molecule has 2 rings (SSSR count). The molecule has 1 heterocycles. The first-order valence-electron chi connectivity index (χ1n) is 6.87. The van der Waals surface area contributed by atoms with Crippen LogP contribution < -0.4 is 16.0 Å². The zero-order valence-electron chi connectivity index (χ0n) is 11.9. The fourth-order valence-electron chi connectivity index (χ4n) is 1.76. The van der Waals surface area contributed by atoms with Crippen molar-refractivity contribution in [3.05, 3.63) is 24.3 Å². The Bertz CT molecular complexity index is 530. The summed E-state index contributed by atoms with van der Waals surface area (Å²) in [7, 11) is 1.78. The highest BCUT2D eigenvalue weighted by Crippen LogP contribution is 2.24. The van der Waals surface area contributed by atoms with Crippen LogP contribution in [0, 0.1) is 0 Å². The summed E-state index contributed by atoms with van der Waals surface area (Å²) in [5, 5.41) is 10.8. The van der Waals surface area contributed by atoms with Gasteiger partial charge in [-0.05, 0) is 18.6 Å². The number of fused-ring (bicyclic) bond motifs is 1. The lowest BCUT2D eigenvalue weighted by Gasteiger charge is -2.11. The predicted octanol–water partition coefficient (Wildman–Crippen LogP) is 2.28. The minimum Gasteiger partial charge on any atom is -0.360 e. The second-order valence-electron chi connectivity index (χ2n) is 4.34. The minimum atomic E-state index is 0.805. The van der Waals surface area contributed by atoms with Crippen LogP contribution >= 0.6 is 11.3 Å². The molecule has 1 aromatic heterocycles. The molecule has 0 atom stereocenters. The standard InChI is InChI=1S/C14H21N5S/c1-3-8-16-13(15-2)17-9-10-18-14-19-11-6-4-5-7-12(11)20-14/h4-7H,3,8-10H2,1-2H3,(H,18,19)(H2,15,16,17). The summed E-state index contributed by atoms with van der Waals surface area (Å²) in [6.07, 6.45) is 1.09. The third-order valence-electron chi connectivity index (χ3n) is 2.75. The molecule has 0 aliphatic rings. The Balaban J connectivity index is 1.75. The van der Waals surface area contributed by atoms with Crippen molar-refractivity contribution in [3.63, 3.8) is 0 Å². The fraction of sp³-hybridized carbons (Fsp3) is 0.429. The van der Waals surface area contributed by atoms with Gasteiger partial charge in [0.2, 0.25) is 0 Å². The van der Waals surface area contributed by atoms with E-state index in [1.807, 2.05) is 18.2 Å². The van der Waals surface area contributed by atoms with Gasteiger partial charge in [0.1, 0.15) is 0 Å². The maximum absolute atomic E-state index is 4.53. The highest BCUT2D eigenvalue weighted by molar-refractivity contribution is 7.22. The van der Waals surface area contributed by atoms with Gasteiger partial charge in [0.05, 0.1) is 10.2 Å². The van der Waals surface area contributed by atoms with E-state index in [4.69, 9.17) is 0 Å². The number of aromatic nitrogens is 1. The summed E-state index contributed by atoms with van der Waals surface area (Å²) in [5.41, 5.74) is 1.05.